The van der Waals surface area contributed by atoms with E-state index in [1.54, 1.807) is 0 Å². The van der Waals surface area contributed by atoms with Crippen molar-refractivity contribution >= 4 is 27.8 Å². The number of benzene rings is 1. The van der Waals surface area contributed by atoms with Crippen LogP contribution in [0.5, 0.6) is 0 Å². The number of nitrogens with zero attached hydrogens (tertiary/aromatic N) is 1. The Morgan fingerprint density at radius 3 is 2.81 bits per heavy atom. The van der Waals surface area contributed by atoms with Crippen LogP contribution in [0.4, 0.5) is 4.39 Å². The molecule has 0 saturated carbocycles. The smallest absolute Gasteiger partial charge is 0.326 e. The van der Waals surface area contributed by atoms with Crippen molar-refractivity contribution in [2.45, 2.75) is 25.0 Å². The Bertz CT molecular complexity index is 566. The number of carbonyl (C=O) groups excluding carboxylic acids is 1. The Kier molecular flexibility index (Phi) is 4.95. The van der Waals surface area contributed by atoms with Gasteiger partial charge in [0.05, 0.1) is 17.0 Å². The second-order valence-electron chi connectivity index (χ2n) is 4.92. The number of methoxy groups -OCH3 is 1. The lowest BCUT2D eigenvalue weighted by molar-refractivity contribution is -0.148. The van der Waals surface area contributed by atoms with E-state index in [1.807, 2.05) is 0 Å². The van der Waals surface area contributed by atoms with Crippen LogP contribution in [0, 0.1) is 5.82 Å². The predicted molar refractivity (Wildman–Crippen MR) is 76.4 cm³/mol. The first kappa shape index (κ1) is 15.9. The third-order valence-electron chi connectivity index (χ3n) is 3.54. The lowest BCUT2D eigenvalue weighted by Gasteiger charge is -2.21. The molecule has 1 aliphatic rings. The Morgan fingerprint density at radius 1 is 1.52 bits per heavy atom. The van der Waals surface area contributed by atoms with Gasteiger partial charge in [-0.25, -0.2) is 9.18 Å². The summed E-state index contributed by atoms with van der Waals surface area (Å²) < 4.78 is 18.6. The normalized spacial score (nSPS) is 21.6. The predicted octanol–water partition coefficient (Wildman–Crippen LogP) is 1.83. The van der Waals surface area contributed by atoms with Gasteiger partial charge in [0, 0.05) is 20.1 Å². The summed E-state index contributed by atoms with van der Waals surface area (Å²) in [5.41, 5.74) is 0.623. The number of likely N-dealkylation sites (tertiary alicyclic amines) is 1. The number of hydrogen-bond donors (Lipinski definition) is 1. The molecule has 1 aromatic carbocycles. The zero-order chi connectivity index (χ0) is 15.6. The van der Waals surface area contributed by atoms with Crippen LogP contribution in [0.1, 0.15) is 12.0 Å². The molecule has 5 nitrogen and oxygen atoms in total. The molecule has 1 saturated heterocycles. The van der Waals surface area contributed by atoms with Gasteiger partial charge in [0.2, 0.25) is 5.91 Å². The van der Waals surface area contributed by atoms with Gasteiger partial charge in [-0.05, 0) is 33.6 Å². The van der Waals surface area contributed by atoms with Gasteiger partial charge in [0.15, 0.2) is 0 Å². The van der Waals surface area contributed by atoms with Crippen LogP contribution < -0.4 is 0 Å². The number of carbonyl (C=O) groups is 2. The van der Waals surface area contributed by atoms with Crippen molar-refractivity contribution in [3.8, 4) is 0 Å². The highest BCUT2D eigenvalue weighted by Crippen LogP contribution is 2.23. The molecule has 7 heteroatoms. The fourth-order valence-electron chi connectivity index (χ4n) is 2.40. The van der Waals surface area contributed by atoms with Crippen LogP contribution in [0.2, 0.25) is 0 Å². The van der Waals surface area contributed by atoms with Crippen LogP contribution >= 0.6 is 15.9 Å². The van der Waals surface area contributed by atoms with E-state index in [1.165, 1.54) is 30.2 Å². The van der Waals surface area contributed by atoms with E-state index in [2.05, 4.69) is 15.9 Å². The first-order chi connectivity index (χ1) is 9.92. The fraction of sp³-hybridized carbons (Fsp3) is 0.429. The number of carboxylic acids is 1. The molecule has 1 N–H and O–H groups in total. The number of carboxylic acid groups (broad SMARTS) is 1. The molecule has 0 radical (unpaired) electrons. The van der Waals surface area contributed by atoms with Crippen LogP contribution in [0.3, 0.4) is 0 Å². The lowest BCUT2D eigenvalue weighted by Crippen LogP contribution is -2.41. The second kappa shape index (κ2) is 6.53. The summed E-state index contributed by atoms with van der Waals surface area (Å²) in [6.45, 7) is 0.259. The van der Waals surface area contributed by atoms with Crippen molar-refractivity contribution in [1.82, 2.24) is 4.90 Å². The van der Waals surface area contributed by atoms with Gasteiger partial charge < -0.3 is 14.7 Å². The topological polar surface area (TPSA) is 66.8 Å². The Hall–Kier alpha value is -1.47. The molecule has 114 valence electrons. The summed E-state index contributed by atoms with van der Waals surface area (Å²) in [7, 11) is 1.49. The molecule has 1 heterocycles. The molecule has 21 heavy (non-hydrogen) atoms. The summed E-state index contributed by atoms with van der Waals surface area (Å²) in [5, 5.41) is 9.19. The van der Waals surface area contributed by atoms with Gasteiger partial charge in [-0.2, -0.15) is 0 Å². The number of amides is 1. The number of rotatable bonds is 4. The van der Waals surface area contributed by atoms with Gasteiger partial charge in [0.1, 0.15) is 11.9 Å². The molecular formula is C14H15BrFNO4. The molecule has 2 unspecified atom stereocenters. The van der Waals surface area contributed by atoms with E-state index in [0.717, 1.165) is 0 Å². The molecule has 1 aromatic rings. The number of aliphatic carboxylic acids is 1. The third-order valence-corrected chi connectivity index (χ3v) is 4.15. The SMILES string of the molecule is COC1CC(C(=O)O)N(C(=O)Cc2ccc(F)c(Br)c2)C1. The van der Waals surface area contributed by atoms with Crippen LogP contribution in [0.15, 0.2) is 22.7 Å². The van der Waals surface area contributed by atoms with Crippen LogP contribution in [-0.4, -0.2) is 47.7 Å². The molecule has 1 aliphatic heterocycles. The molecule has 0 bridgehead atoms. The molecule has 0 aromatic heterocycles. The highest BCUT2D eigenvalue weighted by atomic mass is 79.9. The fourth-order valence-corrected chi connectivity index (χ4v) is 2.83. The Labute approximate surface area is 129 Å². The molecular weight excluding hydrogens is 345 g/mol. The zero-order valence-corrected chi connectivity index (χ0v) is 13.0. The van der Waals surface area contributed by atoms with Crippen molar-refractivity contribution in [2.75, 3.05) is 13.7 Å². The molecule has 2 rings (SSSR count). The maximum atomic E-state index is 13.2. The minimum atomic E-state index is -1.04. The van der Waals surface area contributed by atoms with Crippen molar-refractivity contribution in [2.24, 2.45) is 0 Å². The lowest BCUT2D eigenvalue weighted by atomic mass is 10.1. The quantitative estimate of drug-likeness (QED) is 0.890. The van der Waals surface area contributed by atoms with E-state index in [4.69, 9.17) is 4.74 Å². The van der Waals surface area contributed by atoms with Crippen LogP contribution in [-0.2, 0) is 20.7 Å². The number of ether oxygens (including phenoxy) is 1. The van der Waals surface area contributed by atoms with Gasteiger partial charge in [-0.3, -0.25) is 4.79 Å². The Balaban J connectivity index is 2.11. The van der Waals surface area contributed by atoms with Crippen molar-refractivity contribution in [3.05, 3.63) is 34.1 Å². The van der Waals surface area contributed by atoms with Crippen molar-refractivity contribution < 1.29 is 23.8 Å². The van der Waals surface area contributed by atoms with Gasteiger partial charge >= 0.3 is 5.97 Å². The second-order valence-corrected chi connectivity index (χ2v) is 5.77. The summed E-state index contributed by atoms with van der Waals surface area (Å²) in [5.74, 6) is -1.75. The van der Waals surface area contributed by atoms with Gasteiger partial charge in [-0.1, -0.05) is 6.07 Å². The maximum Gasteiger partial charge on any atom is 0.326 e. The van der Waals surface area contributed by atoms with Crippen LogP contribution in [0.25, 0.3) is 0 Å². The summed E-state index contributed by atoms with van der Waals surface area (Å²) in [6.07, 6.45) is 0.0408. The molecule has 1 amide bonds. The molecule has 0 aliphatic carbocycles. The third kappa shape index (κ3) is 3.59. The highest BCUT2D eigenvalue weighted by Gasteiger charge is 2.39. The van der Waals surface area contributed by atoms with E-state index < -0.39 is 17.8 Å². The summed E-state index contributed by atoms with van der Waals surface area (Å²) in [6, 6.07) is 3.43. The first-order valence-corrected chi connectivity index (χ1v) is 7.20. The largest absolute Gasteiger partial charge is 0.480 e. The van der Waals surface area contributed by atoms with Gasteiger partial charge in [-0.15, -0.1) is 0 Å². The molecule has 0 spiro atoms. The zero-order valence-electron chi connectivity index (χ0n) is 11.4. The average Bonchev–Trinajstić information content (AvgIpc) is 2.87. The van der Waals surface area contributed by atoms with E-state index in [9.17, 15) is 19.1 Å². The standard InChI is InChI=1S/C14H15BrFNO4/c1-21-9-6-12(14(19)20)17(7-9)13(18)5-8-2-3-11(16)10(15)4-8/h2-4,9,12H,5-7H2,1H3,(H,19,20). The van der Waals surface area contributed by atoms with E-state index in [0.29, 0.717) is 5.56 Å². The van der Waals surface area contributed by atoms with Crippen molar-refractivity contribution in [1.29, 1.82) is 0 Å². The summed E-state index contributed by atoms with van der Waals surface area (Å²) >= 11 is 3.06. The minimum Gasteiger partial charge on any atom is -0.480 e. The summed E-state index contributed by atoms with van der Waals surface area (Å²) in [4.78, 5) is 24.8. The average molecular weight is 360 g/mol. The first-order valence-electron chi connectivity index (χ1n) is 6.41. The molecule has 1 fully saturated rings. The van der Waals surface area contributed by atoms with Crippen molar-refractivity contribution in [3.63, 3.8) is 0 Å². The monoisotopic (exact) mass is 359 g/mol. The van der Waals surface area contributed by atoms with E-state index in [-0.39, 0.29) is 35.9 Å². The molecule has 2 atom stereocenters. The van der Waals surface area contributed by atoms with E-state index >= 15 is 0 Å². The number of hydrogen-bond acceptors (Lipinski definition) is 3. The maximum absolute atomic E-state index is 13.2. The van der Waals surface area contributed by atoms with Gasteiger partial charge in [0.25, 0.3) is 0 Å². The minimum absolute atomic E-state index is 0.0269. The highest BCUT2D eigenvalue weighted by molar-refractivity contribution is 9.10. The number of halogens is 2. The Morgan fingerprint density at radius 2 is 2.24 bits per heavy atom.